The molecule has 2 saturated heterocycles. The first-order valence-corrected chi connectivity index (χ1v) is 12.9. The van der Waals surface area contributed by atoms with Crippen molar-refractivity contribution >= 4 is 27.2 Å². The summed E-state index contributed by atoms with van der Waals surface area (Å²) in [6, 6.07) is 1.65. The molecule has 4 aromatic heterocycles. The number of nitrogens with zero attached hydrogens (tertiary/aromatic N) is 6. The Morgan fingerprint density at radius 1 is 1.18 bits per heavy atom. The molecule has 1 amide bonds. The third-order valence-electron chi connectivity index (χ3n) is 6.93. The fourth-order valence-electron chi connectivity index (χ4n) is 5.52. The number of hydrogen-bond donors (Lipinski definition) is 3. The van der Waals surface area contributed by atoms with E-state index in [1.807, 2.05) is 4.90 Å². The van der Waals surface area contributed by atoms with E-state index in [2.05, 4.69) is 25.5 Å². The SMILES string of the molecule is CS(=O)(=O)c1c([C@@H]2C[C@H]3CC[C@@H](C2)N3C(=O)c2ccn[nH]2)nc2c(-c3cn[nH]c3)cnn2c1N. The van der Waals surface area contributed by atoms with Gasteiger partial charge in [0, 0.05) is 47.8 Å². The molecular weight excluding hydrogens is 458 g/mol. The lowest BCUT2D eigenvalue weighted by Crippen LogP contribution is -2.46. The lowest BCUT2D eigenvalue weighted by Gasteiger charge is -2.39. The fraction of sp³-hybridized carbons (Fsp3) is 0.381. The summed E-state index contributed by atoms with van der Waals surface area (Å²) in [5, 5.41) is 17.7. The number of nitrogen functional groups attached to an aromatic ring is 1. The first-order valence-electron chi connectivity index (χ1n) is 11.0. The molecule has 12 nitrogen and oxygen atoms in total. The Hall–Kier alpha value is -3.74. The Morgan fingerprint density at radius 2 is 1.94 bits per heavy atom. The van der Waals surface area contributed by atoms with Crippen molar-refractivity contribution in [3.63, 3.8) is 0 Å². The molecule has 0 spiro atoms. The number of amides is 1. The predicted octanol–water partition coefficient (Wildman–Crippen LogP) is 1.38. The van der Waals surface area contributed by atoms with E-state index < -0.39 is 9.84 Å². The highest BCUT2D eigenvalue weighted by molar-refractivity contribution is 7.91. The third-order valence-corrected chi connectivity index (χ3v) is 8.09. The van der Waals surface area contributed by atoms with Gasteiger partial charge in [-0.1, -0.05) is 0 Å². The minimum Gasteiger partial charge on any atom is -0.382 e. The van der Waals surface area contributed by atoms with Crippen LogP contribution in [0.4, 0.5) is 5.82 Å². The number of nitrogens with one attached hydrogen (secondary N) is 2. The maximum Gasteiger partial charge on any atom is 0.272 e. The molecule has 6 rings (SSSR count). The van der Waals surface area contributed by atoms with Gasteiger partial charge in [-0.05, 0) is 31.7 Å². The number of fused-ring (bicyclic) bond motifs is 3. The molecule has 2 aliphatic heterocycles. The molecule has 0 radical (unpaired) electrons. The Bertz CT molecular complexity index is 1480. The molecule has 4 N–H and O–H groups in total. The van der Waals surface area contributed by atoms with Crippen LogP contribution in [0, 0.1) is 0 Å². The van der Waals surface area contributed by atoms with Crippen molar-refractivity contribution in [3.8, 4) is 11.1 Å². The zero-order valence-corrected chi connectivity index (χ0v) is 19.2. The molecule has 176 valence electrons. The summed E-state index contributed by atoms with van der Waals surface area (Å²) < 4.78 is 27.1. The average molecular weight is 482 g/mol. The number of aromatic nitrogens is 7. The van der Waals surface area contributed by atoms with Crippen LogP contribution in [0.2, 0.25) is 0 Å². The second-order valence-electron chi connectivity index (χ2n) is 9.00. The number of piperidine rings is 1. The standard InChI is InChI=1S/C21H23N9O3S/c1-34(32,33)18-17(27-20-15(12-8-24-25-9-12)10-26-30(20)19(18)22)11-6-13-2-3-14(7-11)29(13)21(31)16-4-5-23-28-16/h4-5,8-11,13-14H,2-3,6-7,22H2,1H3,(H,23,28)(H,24,25)/t11-,13-,14+. The van der Waals surface area contributed by atoms with Gasteiger partial charge in [0.15, 0.2) is 15.5 Å². The van der Waals surface area contributed by atoms with E-state index >= 15 is 0 Å². The van der Waals surface area contributed by atoms with Crippen LogP contribution in [-0.4, -0.2) is 72.6 Å². The summed E-state index contributed by atoms with van der Waals surface area (Å²) in [5.74, 6) is -0.194. The van der Waals surface area contributed by atoms with Crippen LogP contribution in [-0.2, 0) is 9.84 Å². The summed E-state index contributed by atoms with van der Waals surface area (Å²) in [6.07, 6.45) is 10.6. The number of carbonyl (C=O) groups is 1. The summed E-state index contributed by atoms with van der Waals surface area (Å²) in [7, 11) is -3.69. The molecule has 2 bridgehead atoms. The van der Waals surface area contributed by atoms with Crippen molar-refractivity contribution < 1.29 is 13.2 Å². The van der Waals surface area contributed by atoms with Crippen molar-refractivity contribution in [1.29, 1.82) is 0 Å². The van der Waals surface area contributed by atoms with E-state index in [0.717, 1.165) is 24.7 Å². The summed E-state index contributed by atoms with van der Waals surface area (Å²) in [4.78, 5) is 19.8. The summed E-state index contributed by atoms with van der Waals surface area (Å²) in [5.41, 5.74) is 9.25. The molecule has 0 aliphatic carbocycles. The highest BCUT2D eigenvalue weighted by atomic mass is 32.2. The Balaban J connectivity index is 1.45. The number of anilines is 1. The Kier molecular flexibility index (Phi) is 4.52. The molecule has 4 aromatic rings. The smallest absolute Gasteiger partial charge is 0.272 e. The number of aromatic amines is 2. The van der Waals surface area contributed by atoms with Gasteiger partial charge in [-0.3, -0.25) is 15.0 Å². The number of hydrogen-bond acceptors (Lipinski definition) is 8. The molecule has 0 unspecified atom stereocenters. The molecule has 2 aliphatic rings. The Morgan fingerprint density at radius 3 is 2.56 bits per heavy atom. The molecule has 3 atom stereocenters. The van der Waals surface area contributed by atoms with Crippen LogP contribution in [0.1, 0.15) is 47.8 Å². The molecule has 0 saturated carbocycles. The normalized spacial score (nSPS) is 22.5. The van der Waals surface area contributed by atoms with Gasteiger partial charge in [-0.15, -0.1) is 0 Å². The van der Waals surface area contributed by atoms with Gasteiger partial charge in [0.05, 0.1) is 18.1 Å². The predicted molar refractivity (Wildman–Crippen MR) is 122 cm³/mol. The minimum atomic E-state index is -3.69. The van der Waals surface area contributed by atoms with Crippen LogP contribution in [0.5, 0.6) is 0 Å². The maximum atomic E-state index is 13.1. The largest absolute Gasteiger partial charge is 0.382 e. The second-order valence-corrected chi connectivity index (χ2v) is 11.0. The summed E-state index contributed by atoms with van der Waals surface area (Å²) >= 11 is 0. The second kappa shape index (κ2) is 7.38. The zero-order valence-electron chi connectivity index (χ0n) is 18.3. The van der Waals surface area contributed by atoms with Crippen molar-refractivity contribution in [2.75, 3.05) is 12.0 Å². The molecule has 34 heavy (non-hydrogen) atoms. The van der Waals surface area contributed by atoms with Gasteiger partial charge in [0.1, 0.15) is 16.4 Å². The van der Waals surface area contributed by atoms with Gasteiger partial charge in [-0.2, -0.15) is 19.8 Å². The topological polar surface area (TPSA) is 168 Å². The highest BCUT2D eigenvalue weighted by Crippen LogP contribution is 2.45. The number of sulfone groups is 1. The summed E-state index contributed by atoms with van der Waals surface area (Å²) in [6.45, 7) is 0. The van der Waals surface area contributed by atoms with E-state index in [9.17, 15) is 13.2 Å². The number of carbonyl (C=O) groups excluding carboxylic acids is 1. The highest BCUT2D eigenvalue weighted by Gasteiger charge is 2.45. The molecule has 6 heterocycles. The van der Waals surface area contributed by atoms with Crippen LogP contribution in [0.15, 0.2) is 35.7 Å². The van der Waals surface area contributed by atoms with Crippen LogP contribution >= 0.6 is 0 Å². The van der Waals surface area contributed by atoms with E-state index in [0.29, 0.717) is 35.4 Å². The number of nitrogens with two attached hydrogens (primary N) is 1. The van der Waals surface area contributed by atoms with Gasteiger partial charge >= 0.3 is 0 Å². The van der Waals surface area contributed by atoms with Gasteiger partial charge < -0.3 is 10.6 Å². The quantitative estimate of drug-likeness (QED) is 0.393. The van der Waals surface area contributed by atoms with Crippen molar-refractivity contribution in [2.24, 2.45) is 0 Å². The maximum absolute atomic E-state index is 13.1. The minimum absolute atomic E-state index is 0.00975. The molecule has 2 fully saturated rings. The van der Waals surface area contributed by atoms with E-state index in [1.54, 1.807) is 30.9 Å². The fourth-order valence-corrected chi connectivity index (χ4v) is 6.58. The van der Waals surface area contributed by atoms with Crippen molar-refractivity contribution in [3.05, 3.63) is 42.2 Å². The lowest BCUT2D eigenvalue weighted by atomic mass is 9.87. The number of H-pyrrole nitrogens is 2. The molecule has 13 heteroatoms. The van der Waals surface area contributed by atoms with E-state index in [-0.39, 0.29) is 34.6 Å². The first kappa shape index (κ1) is 20.8. The van der Waals surface area contributed by atoms with E-state index in [4.69, 9.17) is 10.7 Å². The average Bonchev–Trinajstić information content (AvgIpc) is 3.58. The third kappa shape index (κ3) is 3.10. The monoisotopic (exact) mass is 481 g/mol. The van der Waals surface area contributed by atoms with Gasteiger partial charge in [0.25, 0.3) is 5.91 Å². The van der Waals surface area contributed by atoms with Crippen molar-refractivity contribution in [1.82, 2.24) is 39.9 Å². The van der Waals surface area contributed by atoms with Crippen LogP contribution in [0.25, 0.3) is 16.8 Å². The molecular formula is C21H23N9O3S. The van der Waals surface area contributed by atoms with Gasteiger partial charge in [-0.25, -0.2) is 13.4 Å². The zero-order chi connectivity index (χ0) is 23.6. The van der Waals surface area contributed by atoms with Gasteiger partial charge in [0.2, 0.25) is 0 Å². The molecule has 0 aromatic carbocycles. The van der Waals surface area contributed by atoms with Crippen LogP contribution in [0.3, 0.4) is 0 Å². The number of rotatable bonds is 4. The van der Waals surface area contributed by atoms with Crippen molar-refractivity contribution in [2.45, 2.75) is 48.6 Å². The first-order chi connectivity index (χ1) is 16.3. The Labute approximate surface area is 194 Å². The van der Waals surface area contributed by atoms with E-state index in [1.165, 1.54) is 4.52 Å². The lowest BCUT2D eigenvalue weighted by molar-refractivity contribution is 0.0562. The van der Waals surface area contributed by atoms with Crippen LogP contribution < -0.4 is 5.73 Å².